The predicted molar refractivity (Wildman–Crippen MR) is 220 cm³/mol. The highest BCUT2D eigenvalue weighted by molar-refractivity contribution is 5.96. The maximum absolute atomic E-state index is 12.3. The topological polar surface area (TPSA) is 106 Å². The van der Waals surface area contributed by atoms with Gasteiger partial charge in [-0.05, 0) is 77.5 Å². The molecular weight excluding hydrogens is 703 g/mol. The molecule has 56 heavy (non-hydrogen) atoms. The molecule has 0 fully saturated rings. The van der Waals surface area contributed by atoms with E-state index in [0.717, 1.165) is 46.7 Å². The van der Waals surface area contributed by atoms with Crippen molar-refractivity contribution >= 4 is 5.78 Å². The second kappa shape index (κ2) is 23.8. The highest BCUT2D eigenvalue weighted by Gasteiger charge is 2.13. The number of rotatable bonds is 21. The Morgan fingerprint density at radius 3 is 1.32 bits per heavy atom. The molecule has 0 radical (unpaired) electrons. The normalized spacial score (nSPS) is 10.5. The first-order valence-electron chi connectivity index (χ1n) is 19.0. The lowest BCUT2D eigenvalue weighted by molar-refractivity contribution is 0.0970. The van der Waals surface area contributed by atoms with Crippen LogP contribution in [0.15, 0.2) is 158 Å². The summed E-state index contributed by atoms with van der Waals surface area (Å²) in [6.45, 7) is 3.36. The number of ketones is 1. The molecule has 8 nitrogen and oxygen atoms in total. The molecule has 0 saturated heterocycles. The molecule has 8 heteroatoms. The van der Waals surface area contributed by atoms with E-state index >= 15 is 0 Å². The molecule has 290 valence electrons. The molecule has 0 heterocycles. The van der Waals surface area contributed by atoms with Crippen LogP contribution in [0.5, 0.6) is 23.0 Å². The maximum atomic E-state index is 12.3. The number of benzene rings is 6. The molecule has 6 aromatic carbocycles. The lowest BCUT2D eigenvalue weighted by Crippen LogP contribution is -2.20. The predicted octanol–water partition coefficient (Wildman–Crippen LogP) is 8.77. The minimum atomic E-state index is -0.0202. The first-order valence-corrected chi connectivity index (χ1v) is 19.0. The average Bonchev–Trinajstić information content (AvgIpc) is 3.26. The molecule has 6 rings (SSSR count). The second-order valence-corrected chi connectivity index (χ2v) is 13.0. The van der Waals surface area contributed by atoms with E-state index in [4.69, 9.17) is 29.2 Å². The minimum absolute atomic E-state index is 0.00136. The number of nitrogens with one attached hydrogen (secondary N) is 1. The van der Waals surface area contributed by atoms with Gasteiger partial charge in [0.1, 0.15) is 26.4 Å². The second-order valence-electron chi connectivity index (χ2n) is 13.0. The van der Waals surface area contributed by atoms with Crippen molar-refractivity contribution in [3.8, 4) is 23.0 Å². The third kappa shape index (κ3) is 14.4. The fourth-order valence-electron chi connectivity index (χ4n) is 5.62. The van der Waals surface area contributed by atoms with Crippen molar-refractivity contribution in [3.63, 3.8) is 0 Å². The molecule has 0 unspecified atom stereocenters. The molecule has 0 aliphatic rings. The van der Waals surface area contributed by atoms with Crippen molar-refractivity contribution < 1.29 is 34.0 Å². The smallest absolute Gasteiger partial charge is 0.163 e. The van der Waals surface area contributed by atoms with Gasteiger partial charge >= 0.3 is 0 Å². The zero-order chi connectivity index (χ0) is 39.0. The number of hydrogen-bond acceptors (Lipinski definition) is 8. The molecule has 3 N–H and O–H groups in total. The largest absolute Gasteiger partial charge is 0.485 e. The molecule has 0 bridgehead atoms. The van der Waals surface area contributed by atoms with Gasteiger partial charge in [-0.3, -0.25) is 4.79 Å². The summed E-state index contributed by atoms with van der Waals surface area (Å²) in [6.07, 6.45) is 1.62. The Balaban J connectivity index is 0.000000214. The molecule has 0 atom stereocenters. The van der Waals surface area contributed by atoms with E-state index in [9.17, 15) is 4.79 Å². The lowest BCUT2D eigenvalue weighted by Gasteiger charge is -2.15. The van der Waals surface area contributed by atoms with Gasteiger partial charge in [-0.1, -0.05) is 127 Å². The number of aliphatic hydroxyl groups is 2. The zero-order valence-electron chi connectivity index (χ0n) is 31.7. The summed E-state index contributed by atoms with van der Waals surface area (Å²) in [5.41, 5.74) is 6.05. The fraction of sp³-hybridized carbons (Fsp3) is 0.229. The monoisotopic (exact) mass is 753 g/mol. The Labute approximate surface area is 330 Å². The minimum Gasteiger partial charge on any atom is -0.485 e. The Hall–Kier alpha value is -5.93. The van der Waals surface area contributed by atoms with E-state index in [1.54, 1.807) is 18.2 Å². The molecule has 0 aliphatic heterocycles. The van der Waals surface area contributed by atoms with Gasteiger partial charge in [-0.25, -0.2) is 0 Å². The van der Waals surface area contributed by atoms with Gasteiger partial charge in [-0.2, -0.15) is 0 Å². The van der Waals surface area contributed by atoms with Crippen molar-refractivity contribution in [1.82, 2.24) is 5.32 Å². The lowest BCUT2D eigenvalue weighted by atomic mass is 10.1. The van der Waals surface area contributed by atoms with Gasteiger partial charge in [0.2, 0.25) is 0 Å². The van der Waals surface area contributed by atoms with Crippen LogP contribution in [0.4, 0.5) is 0 Å². The molecular formula is C48H51NO7. The first kappa shape index (κ1) is 41.2. The van der Waals surface area contributed by atoms with Crippen LogP contribution in [0.3, 0.4) is 0 Å². The number of Topliss-reactive ketones (excluding diaryl/α,β-unsaturated/α-hetero) is 1. The standard InChI is InChI=1S/C24H27NO3.C24H24O4/c26-16-15-25-14-13-20-11-12-23(27-18-21-7-3-1-4-8-21)24(17-20)28-19-22-9-5-2-6-10-22;25-15-7-12-22(26)21-13-14-23(27-17-19-8-3-1-4-9-19)24(16-21)28-18-20-10-5-2-6-11-20/h1-12,17,25-26H,13-16,18-19H2;1-6,8-11,13-14,16,25H,7,12,15,17-18H2. The SMILES string of the molecule is O=C(CCCO)c1ccc(OCc2ccccc2)c(OCc2ccccc2)c1.OCCNCCc1ccc(OCc2ccccc2)c(OCc2ccccc2)c1. The van der Waals surface area contributed by atoms with Crippen molar-refractivity contribution in [2.75, 3.05) is 26.3 Å². The summed E-state index contributed by atoms with van der Waals surface area (Å²) >= 11 is 0. The maximum Gasteiger partial charge on any atom is 0.163 e. The molecule has 6 aromatic rings. The van der Waals surface area contributed by atoms with Crippen LogP contribution in [0, 0.1) is 0 Å². The molecule has 0 aliphatic carbocycles. The van der Waals surface area contributed by atoms with E-state index in [1.165, 1.54) is 5.56 Å². The molecule has 0 aromatic heterocycles. The zero-order valence-corrected chi connectivity index (χ0v) is 31.7. The highest BCUT2D eigenvalue weighted by Crippen LogP contribution is 2.32. The summed E-state index contributed by atoms with van der Waals surface area (Å²) in [5, 5.41) is 21.0. The molecule has 0 amide bonds. The number of aliphatic hydroxyl groups excluding tert-OH is 2. The average molecular weight is 754 g/mol. The summed E-state index contributed by atoms with van der Waals surface area (Å²) in [4.78, 5) is 12.3. The van der Waals surface area contributed by atoms with Crippen molar-refractivity contribution in [2.24, 2.45) is 0 Å². The van der Waals surface area contributed by atoms with Gasteiger partial charge < -0.3 is 34.5 Å². The Kier molecular flexibility index (Phi) is 17.5. The summed E-state index contributed by atoms with van der Waals surface area (Å²) in [7, 11) is 0. The van der Waals surface area contributed by atoms with E-state index in [2.05, 4.69) is 11.4 Å². The van der Waals surface area contributed by atoms with Crippen molar-refractivity contribution in [3.05, 3.63) is 191 Å². The Morgan fingerprint density at radius 1 is 0.446 bits per heavy atom. The van der Waals surface area contributed by atoms with Gasteiger partial charge in [0.15, 0.2) is 28.8 Å². The van der Waals surface area contributed by atoms with Crippen LogP contribution in [0.25, 0.3) is 0 Å². The third-order valence-corrected chi connectivity index (χ3v) is 8.66. The van der Waals surface area contributed by atoms with E-state index in [0.29, 0.717) is 62.9 Å². The van der Waals surface area contributed by atoms with Gasteiger partial charge in [0, 0.05) is 25.1 Å². The van der Waals surface area contributed by atoms with Gasteiger partial charge in [0.05, 0.1) is 6.61 Å². The molecule has 0 spiro atoms. The number of carbonyl (C=O) groups excluding carboxylic acids is 1. The van der Waals surface area contributed by atoms with Crippen LogP contribution >= 0.6 is 0 Å². The van der Waals surface area contributed by atoms with Gasteiger partial charge in [0.25, 0.3) is 0 Å². The van der Waals surface area contributed by atoms with Gasteiger partial charge in [-0.15, -0.1) is 0 Å². The van der Waals surface area contributed by atoms with E-state index < -0.39 is 0 Å². The van der Waals surface area contributed by atoms with Crippen LogP contribution in [-0.4, -0.2) is 42.3 Å². The Bertz CT molecular complexity index is 1990. The fourth-order valence-corrected chi connectivity index (χ4v) is 5.62. The summed E-state index contributed by atoms with van der Waals surface area (Å²) in [5.74, 6) is 2.60. The first-order chi connectivity index (χ1) is 27.6. The van der Waals surface area contributed by atoms with Crippen LogP contribution in [0.2, 0.25) is 0 Å². The van der Waals surface area contributed by atoms with Crippen LogP contribution in [-0.2, 0) is 32.8 Å². The highest BCUT2D eigenvalue weighted by atomic mass is 16.5. The number of ether oxygens (including phenoxy) is 4. The quantitative estimate of drug-likeness (QED) is 0.0495. The van der Waals surface area contributed by atoms with Crippen molar-refractivity contribution in [1.29, 1.82) is 0 Å². The van der Waals surface area contributed by atoms with Crippen LogP contribution in [0.1, 0.15) is 51.0 Å². The Morgan fingerprint density at radius 2 is 0.875 bits per heavy atom. The number of carbonyl (C=O) groups is 1. The van der Waals surface area contributed by atoms with E-state index in [1.807, 2.05) is 133 Å². The summed E-state index contributed by atoms with van der Waals surface area (Å²) < 4.78 is 24.1. The van der Waals surface area contributed by atoms with Crippen molar-refractivity contribution in [2.45, 2.75) is 45.7 Å². The van der Waals surface area contributed by atoms with E-state index in [-0.39, 0.29) is 19.0 Å². The third-order valence-electron chi connectivity index (χ3n) is 8.66. The molecule has 0 saturated carbocycles. The summed E-state index contributed by atoms with van der Waals surface area (Å²) in [6, 6.07) is 51.3. The number of hydrogen-bond donors (Lipinski definition) is 3. The van der Waals surface area contributed by atoms with Crippen LogP contribution < -0.4 is 24.3 Å².